The maximum atomic E-state index is 13.5. The molecule has 0 spiro atoms. The second-order valence-corrected chi connectivity index (χ2v) is 11.4. The van der Waals surface area contributed by atoms with Gasteiger partial charge in [0.2, 0.25) is 0 Å². The lowest BCUT2D eigenvalue weighted by Crippen LogP contribution is -2.47. The van der Waals surface area contributed by atoms with Crippen molar-refractivity contribution in [1.82, 2.24) is 19.6 Å². The molecule has 0 unspecified atom stereocenters. The minimum absolute atomic E-state index is 0.0178. The number of nitrogens with zero attached hydrogens (tertiary/aromatic N) is 5. The van der Waals surface area contributed by atoms with Crippen molar-refractivity contribution in [1.29, 1.82) is 0 Å². The van der Waals surface area contributed by atoms with Gasteiger partial charge in [-0.1, -0.05) is 51.5 Å². The Bertz CT molecular complexity index is 1460. The Hall–Kier alpha value is -4.17. The summed E-state index contributed by atoms with van der Waals surface area (Å²) in [6.07, 6.45) is 7.25. The first kappa shape index (κ1) is 31.8. The minimum atomic E-state index is -0.235. The second-order valence-electron chi connectivity index (χ2n) is 11.4. The van der Waals surface area contributed by atoms with Gasteiger partial charge in [0.1, 0.15) is 5.75 Å². The highest BCUT2D eigenvalue weighted by Gasteiger charge is 2.23. The van der Waals surface area contributed by atoms with Gasteiger partial charge < -0.3 is 19.4 Å². The van der Waals surface area contributed by atoms with E-state index in [2.05, 4.69) is 25.5 Å². The van der Waals surface area contributed by atoms with Crippen LogP contribution in [0.2, 0.25) is 0 Å². The number of hydrogen-bond acceptors (Lipinski definition) is 5. The lowest BCUT2D eigenvalue weighted by Gasteiger charge is -2.32. The van der Waals surface area contributed by atoms with Crippen molar-refractivity contribution < 1.29 is 14.3 Å². The van der Waals surface area contributed by atoms with Gasteiger partial charge in [0, 0.05) is 55.7 Å². The van der Waals surface area contributed by atoms with E-state index in [9.17, 15) is 9.59 Å². The number of ether oxygens (including phenoxy) is 1. The number of allylic oxidation sites excluding steroid dienone is 2. The molecular formula is C35H45N5O3. The lowest BCUT2D eigenvalue weighted by molar-refractivity contribution is 0.0664. The van der Waals surface area contributed by atoms with Crippen LogP contribution in [0.4, 0.5) is 5.69 Å². The molecule has 1 saturated carbocycles. The highest BCUT2D eigenvalue weighted by Crippen LogP contribution is 2.28. The molecule has 1 aliphatic heterocycles. The summed E-state index contributed by atoms with van der Waals surface area (Å²) in [5.74, 6) is 1.64. The van der Waals surface area contributed by atoms with Crippen molar-refractivity contribution in [3.8, 4) is 5.75 Å². The Balaban J connectivity index is 0.000000975. The molecule has 8 nitrogen and oxygen atoms in total. The Morgan fingerprint density at radius 1 is 1.05 bits per heavy atom. The predicted octanol–water partition coefficient (Wildman–Crippen LogP) is 5.92. The zero-order valence-electron chi connectivity index (χ0n) is 26.5. The topological polar surface area (TPSA) is 70.9 Å². The van der Waals surface area contributed by atoms with Gasteiger partial charge in [-0.15, -0.1) is 0 Å². The molecule has 3 aromatic rings. The van der Waals surface area contributed by atoms with E-state index in [0.717, 1.165) is 60.4 Å². The summed E-state index contributed by atoms with van der Waals surface area (Å²) in [6.45, 7) is 13.4. The highest BCUT2D eigenvalue weighted by atomic mass is 16.5. The van der Waals surface area contributed by atoms with Gasteiger partial charge >= 0.3 is 0 Å². The summed E-state index contributed by atoms with van der Waals surface area (Å²) in [5.41, 5.74) is 5.27. The summed E-state index contributed by atoms with van der Waals surface area (Å²) in [6, 6.07) is 15.0. The number of likely N-dealkylation sites (N-methyl/N-ethyl adjacent to an activating group) is 1. The zero-order valence-corrected chi connectivity index (χ0v) is 26.5. The van der Waals surface area contributed by atoms with E-state index in [1.807, 2.05) is 49.1 Å². The summed E-state index contributed by atoms with van der Waals surface area (Å²) in [4.78, 5) is 32.0. The third-order valence-corrected chi connectivity index (χ3v) is 8.03. The van der Waals surface area contributed by atoms with Crippen LogP contribution in [0, 0.1) is 12.8 Å². The van der Waals surface area contributed by atoms with Crippen molar-refractivity contribution >= 4 is 23.2 Å². The first-order valence-corrected chi connectivity index (χ1v) is 15.1. The van der Waals surface area contributed by atoms with Crippen LogP contribution in [-0.2, 0) is 6.42 Å². The molecule has 0 bridgehead atoms. The molecule has 228 valence electrons. The number of anilines is 1. The molecule has 1 saturated heterocycles. The second kappa shape index (κ2) is 14.3. The van der Waals surface area contributed by atoms with Crippen molar-refractivity contribution in [3.63, 3.8) is 0 Å². The predicted molar refractivity (Wildman–Crippen MR) is 174 cm³/mol. The average molecular weight is 584 g/mol. The normalized spacial score (nSPS) is 15.4. The first-order valence-electron chi connectivity index (χ1n) is 15.1. The van der Waals surface area contributed by atoms with E-state index in [4.69, 9.17) is 9.84 Å². The maximum Gasteiger partial charge on any atom is 0.278 e. The fourth-order valence-electron chi connectivity index (χ4n) is 4.84. The molecule has 0 atom stereocenters. The van der Waals surface area contributed by atoms with Crippen molar-refractivity contribution in [3.05, 3.63) is 95.3 Å². The standard InChI is InChI=1S/C31H37N5O3.C4H8/c1-7-9-28(24-11-10-22(3)29(20-24)39-6)36-25(8-2)21-27(32-36)31(38)34(5)26-14-12-23(13-15-26)30(37)35-18-16-33(4)17-19-35;1-4-2-3-4/h7,9-15,20-21H,1,8,16-19H2,2-6H3;4H,2-3H2,1H3/b28-9-;. The molecule has 5 rings (SSSR count). The van der Waals surface area contributed by atoms with Crippen LogP contribution >= 0.6 is 0 Å². The molecule has 2 fully saturated rings. The fourth-order valence-corrected chi connectivity index (χ4v) is 4.84. The van der Waals surface area contributed by atoms with Gasteiger partial charge in [-0.2, -0.15) is 5.10 Å². The number of carbonyl (C=O) groups excluding carboxylic acids is 2. The van der Waals surface area contributed by atoms with Crippen LogP contribution in [0.1, 0.15) is 64.4 Å². The first-order chi connectivity index (χ1) is 20.7. The van der Waals surface area contributed by atoms with Gasteiger partial charge in [-0.25, -0.2) is 4.68 Å². The largest absolute Gasteiger partial charge is 0.496 e. The third kappa shape index (κ3) is 7.82. The van der Waals surface area contributed by atoms with Crippen LogP contribution in [0.25, 0.3) is 5.70 Å². The van der Waals surface area contributed by atoms with E-state index >= 15 is 0 Å². The Morgan fingerprint density at radius 2 is 1.67 bits per heavy atom. The van der Waals surface area contributed by atoms with E-state index in [1.54, 1.807) is 54.1 Å². The Kier molecular flexibility index (Phi) is 10.6. The van der Waals surface area contributed by atoms with E-state index in [0.29, 0.717) is 23.4 Å². The van der Waals surface area contributed by atoms with Gasteiger partial charge in [0.05, 0.1) is 12.8 Å². The smallest absolute Gasteiger partial charge is 0.278 e. The number of aromatic nitrogens is 2. The summed E-state index contributed by atoms with van der Waals surface area (Å²) < 4.78 is 7.32. The van der Waals surface area contributed by atoms with Crippen LogP contribution in [0.5, 0.6) is 5.75 Å². The number of benzene rings is 2. The number of methoxy groups -OCH3 is 1. The molecule has 43 heavy (non-hydrogen) atoms. The van der Waals surface area contributed by atoms with Gasteiger partial charge in [0.25, 0.3) is 11.8 Å². The van der Waals surface area contributed by atoms with E-state index in [-0.39, 0.29) is 11.8 Å². The number of rotatable bonds is 8. The number of amides is 2. The van der Waals surface area contributed by atoms with Crippen molar-refractivity contribution in [2.24, 2.45) is 5.92 Å². The van der Waals surface area contributed by atoms with E-state index in [1.165, 1.54) is 12.8 Å². The average Bonchev–Trinajstić information content (AvgIpc) is 3.70. The van der Waals surface area contributed by atoms with Crippen molar-refractivity contribution in [2.75, 3.05) is 52.3 Å². The van der Waals surface area contributed by atoms with Gasteiger partial charge in [-0.05, 0) is 74.3 Å². The summed E-state index contributed by atoms with van der Waals surface area (Å²) in [7, 11) is 5.43. The maximum absolute atomic E-state index is 13.5. The lowest BCUT2D eigenvalue weighted by atomic mass is 10.1. The van der Waals surface area contributed by atoms with E-state index < -0.39 is 0 Å². The zero-order chi connectivity index (χ0) is 31.1. The molecule has 1 aliphatic carbocycles. The van der Waals surface area contributed by atoms with Gasteiger partial charge in [0.15, 0.2) is 5.69 Å². The van der Waals surface area contributed by atoms with Crippen molar-refractivity contribution in [2.45, 2.75) is 40.0 Å². The quantitative estimate of drug-likeness (QED) is 0.308. The van der Waals surface area contributed by atoms with Crippen LogP contribution in [0.15, 0.2) is 67.3 Å². The minimum Gasteiger partial charge on any atom is -0.496 e. The summed E-state index contributed by atoms with van der Waals surface area (Å²) >= 11 is 0. The highest BCUT2D eigenvalue weighted by molar-refractivity contribution is 6.05. The molecule has 0 radical (unpaired) electrons. The van der Waals surface area contributed by atoms with Crippen LogP contribution in [0.3, 0.4) is 0 Å². The SMILES string of the molecule is C=C/C=C(/c1ccc(C)c(OC)c1)n1nc(C(=O)N(C)c2ccc(C(=O)N3CCN(C)CC3)cc2)cc1CC.CC1CC1. The number of aryl methyl sites for hydroxylation is 2. The summed E-state index contributed by atoms with van der Waals surface area (Å²) in [5, 5.41) is 4.72. The molecule has 0 N–H and O–H groups in total. The monoisotopic (exact) mass is 583 g/mol. The fraction of sp³-hybridized carbons (Fsp3) is 0.400. The molecule has 2 amide bonds. The number of carbonyl (C=O) groups is 2. The molecule has 2 aromatic carbocycles. The van der Waals surface area contributed by atoms with Gasteiger partial charge in [-0.3, -0.25) is 9.59 Å². The third-order valence-electron chi connectivity index (χ3n) is 8.03. The van der Waals surface area contributed by atoms with Crippen LogP contribution in [-0.4, -0.2) is 78.8 Å². The molecule has 2 heterocycles. The number of hydrogen-bond donors (Lipinski definition) is 0. The Labute approximate surface area is 256 Å². The number of piperazine rings is 1. The molecular weight excluding hydrogens is 538 g/mol. The molecule has 8 heteroatoms. The molecule has 2 aliphatic rings. The van der Waals surface area contributed by atoms with Crippen LogP contribution < -0.4 is 9.64 Å². The Morgan fingerprint density at radius 3 is 2.23 bits per heavy atom. The molecule has 1 aromatic heterocycles.